The molecule has 4 bridgehead atoms. The summed E-state index contributed by atoms with van der Waals surface area (Å²) in [7, 11) is -4.10. The lowest BCUT2D eigenvalue weighted by Crippen LogP contribution is -2.57. The maximum Gasteiger partial charge on any atom is 0.284 e. The second kappa shape index (κ2) is 27.5. The summed E-state index contributed by atoms with van der Waals surface area (Å²) in [5, 5.41) is 25.3. The standard InChI is InChI=1S/C71H87N11O8S3/c1-43(49-22-24-51(25-23-49)63-44(2)72-42-91-63)74-66(86)58-34-52(83)39-81(58)68(88)64(70(4,5)6)77-61(84)21-12-10-8-7-9-11-15-30-93(89,90)79-67(87)62-53(55-38-73-82(45(55)3)41-71-35-46-31-47(36-71)33-48(32-46)37-71)26-27-60(76-62)80-29-28-50-17-16-18-54(56(50)40-80)65(85)78-69-75-57-19-13-14-20-59(57)92-69/h13-14,16-20,22-27,38,42-43,46-48,52,58,64,83H,7-12,15,21,28-37,39-41H2,1-6H3,(H,74,86)(H,77,84)(H,79,87)(H,75,78,85)/t43-,46?,47?,48?,52+,58-,64?,71?/m0/s1. The molecule has 22 heteroatoms. The highest BCUT2D eigenvalue weighted by molar-refractivity contribution is 7.90. The third-order valence-corrected chi connectivity index (χ3v) is 23.4. The van der Waals surface area contributed by atoms with Crippen molar-refractivity contribution < 1.29 is 37.5 Å². The minimum Gasteiger partial charge on any atom is -0.391 e. The summed E-state index contributed by atoms with van der Waals surface area (Å²) in [4.78, 5) is 88.6. The van der Waals surface area contributed by atoms with Crippen molar-refractivity contribution in [1.82, 2.24) is 45.0 Å². The summed E-state index contributed by atoms with van der Waals surface area (Å²) in [5.41, 5.74) is 9.56. The maximum atomic E-state index is 14.6. The molecule has 4 aromatic heterocycles. The van der Waals surface area contributed by atoms with Crippen LogP contribution in [-0.2, 0) is 43.9 Å². The van der Waals surface area contributed by atoms with Gasteiger partial charge in [0.1, 0.15) is 23.6 Å². The largest absolute Gasteiger partial charge is 0.391 e. The number of sulfonamides is 1. The monoisotopic (exact) mass is 1320 g/mol. The van der Waals surface area contributed by atoms with Crippen LogP contribution < -0.4 is 25.6 Å². The molecule has 19 nitrogen and oxygen atoms in total. The molecule has 6 heterocycles. The quantitative estimate of drug-likeness (QED) is 0.0354. The number of carbonyl (C=O) groups excluding carboxylic acids is 5. The molecular formula is C71H87N11O8S3. The van der Waals surface area contributed by atoms with Crippen LogP contribution in [-0.4, -0.2) is 110 Å². The smallest absolute Gasteiger partial charge is 0.284 e. The number of hydrogen-bond acceptors (Lipinski definition) is 15. The zero-order valence-electron chi connectivity index (χ0n) is 54.2. The average Bonchev–Trinajstić information content (AvgIpc) is 1.25. The van der Waals surface area contributed by atoms with Crippen LogP contribution in [0.3, 0.4) is 0 Å². The fraction of sp³-hybridized carbons (Fsp3) is 0.507. The number of anilines is 2. The molecule has 13 rings (SSSR count). The van der Waals surface area contributed by atoms with Crippen molar-refractivity contribution in [3.8, 4) is 21.6 Å². The van der Waals surface area contributed by atoms with Gasteiger partial charge in [-0.15, -0.1) is 11.3 Å². The van der Waals surface area contributed by atoms with E-state index in [1.165, 1.54) is 54.8 Å². The molecule has 7 aromatic rings. The Bertz CT molecular complexity index is 3970. The van der Waals surface area contributed by atoms with Gasteiger partial charge in [0.15, 0.2) is 5.13 Å². The van der Waals surface area contributed by atoms with E-state index in [4.69, 9.17) is 10.1 Å². The molecule has 93 heavy (non-hydrogen) atoms. The molecule has 3 aromatic carbocycles. The minimum absolute atomic E-state index is 0.0120. The van der Waals surface area contributed by atoms with E-state index in [1.807, 2.05) is 131 Å². The Hall–Kier alpha value is -7.40. The van der Waals surface area contributed by atoms with Gasteiger partial charge in [-0.2, -0.15) is 5.10 Å². The van der Waals surface area contributed by atoms with Crippen LogP contribution in [0.2, 0.25) is 0 Å². The molecule has 4 aliphatic carbocycles. The number of carbonyl (C=O) groups is 5. The minimum atomic E-state index is -4.10. The molecule has 6 aliphatic rings. The Morgan fingerprint density at radius 3 is 2.20 bits per heavy atom. The van der Waals surface area contributed by atoms with Crippen molar-refractivity contribution in [2.24, 2.45) is 28.6 Å². The molecule has 5 amide bonds. The van der Waals surface area contributed by atoms with Crippen molar-refractivity contribution in [2.45, 2.75) is 182 Å². The van der Waals surface area contributed by atoms with E-state index < -0.39 is 45.4 Å². The number of aromatic nitrogens is 5. The fourth-order valence-electron chi connectivity index (χ4n) is 15.7. The molecule has 4 saturated carbocycles. The van der Waals surface area contributed by atoms with E-state index in [1.54, 1.807) is 17.5 Å². The van der Waals surface area contributed by atoms with Crippen molar-refractivity contribution in [3.05, 3.63) is 130 Å². The predicted molar refractivity (Wildman–Crippen MR) is 364 cm³/mol. The fourth-order valence-corrected chi connectivity index (χ4v) is 18.5. The number of aryl methyl sites for hydroxylation is 1. The van der Waals surface area contributed by atoms with Crippen molar-refractivity contribution in [1.29, 1.82) is 0 Å². The molecule has 0 radical (unpaired) electrons. The lowest BCUT2D eigenvalue weighted by molar-refractivity contribution is -0.144. The number of aliphatic hydroxyl groups excluding tert-OH is 1. The first kappa shape index (κ1) is 65.7. The number of aliphatic hydroxyl groups is 1. The first-order valence-electron chi connectivity index (χ1n) is 33.3. The number of nitrogens with zero attached hydrogens (tertiary/aromatic N) is 7. The summed E-state index contributed by atoms with van der Waals surface area (Å²) in [6, 6.07) is 23.0. The highest BCUT2D eigenvalue weighted by atomic mass is 32.2. The molecule has 1 unspecified atom stereocenters. The van der Waals surface area contributed by atoms with E-state index in [0.717, 1.165) is 104 Å². The summed E-state index contributed by atoms with van der Waals surface area (Å²) in [6.07, 6.45) is 14.2. The summed E-state index contributed by atoms with van der Waals surface area (Å²) in [5.74, 6) is 0.429. The van der Waals surface area contributed by atoms with Gasteiger partial charge in [0.05, 0.1) is 50.4 Å². The van der Waals surface area contributed by atoms with E-state index in [2.05, 4.69) is 35.3 Å². The number of para-hydroxylation sites is 1. The van der Waals surface area contributed by atoms with E-state index in [-0.39, 0.29) is 60.0 Å². The number of fused-ring (bicyclic) bond motifs is 2. The van der Waals surface area contributed by atoms with Gasteiger partial charge in [0.25, 0.3) is 11.8 Å². The number of hydrogen-bond donors (Lipinski definition) is 5. The highest BCUT2D eigenvalue weighted by Gasteiger charge is 2.51. The zero-order chi connectivity index (χ0) is 65.3. The third kappa shape index (κ3) is 14.9. The number of β-amino-alcohol motifs (C(OH)–C–C–N with tert-alkyl or cyclic N) is 1. The molecule has 492 valence electrons. The highest BCUT2D eigenvalue weighted by Crippen LogP contribution is 2.60. The summed E-state index contributed by atoms with van der Waals surface area (Å²) < 4.78 is 33.2. The van der Waals surface area contributed by atoms with E-state index in [0.29, 0.717) is 60.8 Å². The molecule has 1 saturated heterocycles. The van der Waals surface area contributed by atoms with E-state index >= 15 is 0 Å². The number of nitrogens with one attached hydrogen (secondary N) is 4. The molecule has 4 atom stereocenters. The Balaban J connectivity index is 0.636. The number of unbranched alkanes of at least 4 members (excludes halogenated alkanes) is 6. The number of amides is 5. The molecule has 0 spiro atoms. The van der Waals surface area contributed by atoms with Gasteiger partial charge in [0.2, 0.25) is 27.7 Å². The first-order valence-corrected chi connectivity index (χ1v) is 36.6. The first-order chi connectivity index (χ1) is 44.6. The second-order valence-corrected chi connectivity index (χ2v) is 31.9. The molecule has 2 aliphatic heterocycles. The van der Waals surface area contributed by atoms with Crippen LogP contribution in [0, 0.1) is 42.4 Å². The Kier molecular flexibility index (Phi) is 19.4. The van der Waals surface area contributed by atoms with Crippen LogP contribution in [0.15, 0.2) is 90.6 Å². The normalized spacial score (nSPS) is 21.6. The molecule has 5 N–H and O–H groups in total. The maximum absolute atomic E-state index is 14.6. The lowest BCUT2D eigenvalue weighted by Gasteiger charge is -2.56. The topological polar surface area (TPSA) is 251 Å². The van der Waals surface area contributed by atoms with Crippen LogP contribution in [0.5, 0.6) is 0 Å². The van der Waals surface area contributed by atoms with Gasteiger partial charge in [0, 0.05) is 61.4 Å². The third-order valence-electron chi connectivity index (χ3n) is 20.1. The number of likely N-dealkylation sites (tertiary alicyclic amines) is 1. The number of thiazole rings is 2. The van der Waals surface area contributed by atoms with Crippen LogP contribution in [0.1, 0.15) is 179 Å². The Labute approximate surface area is 553 Å². The number of rotatable bonds is 24. The summed E-state index contributed by atoms with van der Waals surface area (Å²) in [6.45, 7) is 13.2. The molecule has 5 fully saturated rings. The van der Waals surface area contributed by atoms with Crippen molar-refractivity contribution >= 4 is 83.4 Å². The average molecular weight is 1320 g/mol. The van der Waals surface area contributed by atoms with Gasteiger partial charge in [-0.25, -0.2) is 28.1 Å². The molecular weight excluding hydrogens is 1230 g/mol. The zero-order valence-corrected chi connectivity index (χ0v) is 56.7. The summed E-state index contributed by atoms with van der Waals surface area (Å²) >= 11 is 2.99. The Morgan fingerprint density at radius 1 is 0.796 bits per heavy atom. The van der Waals surface area contributed by atoms with Crippen molar-refractivity contribution in [3.63, 3.8) is 0 Å². The lowest BCUT2D eigenvalue weighted by atomic mass is 9.49. The van der Waals surface area contributed by atoms with Crippen LogP contribution in [0.4, 0.5) is 10.9 Å². The second-order valence-electron chi connectivity index (χ2n) is 28.2. The Morgan fingerprint density at radius 2 is 1.51 bits per heavy atom. The van der Waals surface area contributed by atoms with Crippen LogP contribution in [0.25, 0.3) is 31.8 Å². The predicted octanol–water partition coefficient (Wildman–Crippen LogP) is 11.9. The number of pyridine rings is 1. The van der Waals surface area contributed by atoms with Gasteiger partial charge < -0.3 is 25.5 Å². The van der Waals surface area contributed by atoms with Gasteiger partial charge >= 0.3 is 0 Å². The van der Waals surface area contributed by atoms with Gasteiger partial charge in [-0.05, 0) is 160 Å². The van der Waals surface area contributed by atoms with E-state index in [9.17, 15) is 37.5 Å². The van der Waals surface area contributed by atoms with Gasteiger partial charge in [-0.3, -0.25) is 34.0 Å². The number of benzene rings is 3. The van der Waals surface area contributed by atoms with Gasteiger partial charge in [-0.1, -0.05) is 113 Å². The SMILES string of the molecule is Cc1ncsc1-c1ccc([C@H](C)NC(=O)[C@@H]2C[C@@H](O)CN2C(=O)C(NC(=O)CCCCCCCCCS(=O)(=O)NC(=O)c2nc(N3CCc4cccc(C(=O)Nc5nc6ccccc6s5)c4C3)ccc2-c2cnn(CC34CC5CC(CC(C5)C3)C4)c2C)C(C)(C)C)cc1. The van der Waals surface area contributed by atoms with Crippen molar-refractivity contribution in [2.75, 3.05) is 29.1 Å². The van der Waals surface area contributed by atoms with Crippen LogP contribution >= 0.6 is 22.7 Å².